The van der Waals surface area contributed by atoms with Gasteiger partial charge in [0.25, 0.3) is 0 Å². The van der Waals surface area contributed by atoms with Crippen molar-refractivity contribution in [2.45, 2.75) is 11.8 Å². The molecule has 0 fully saturated rings. The Bertz CT molecular complexity index is 1160. The Morgan fingerprint density at radius 2 is 1.57 bits per heavy atom. The second-order valence-corrected chi connectivity index (χ2v) is 6.98. The SMILES string of the molecule is Cc1ccc(N=Nc2cc(C(=O)[O-])cc3ccccc23)c(S(=O)(=O)[O-])c1.[Na+].[Na+]. The Morgan fingerprint density at radius 3 is 2.21 bits per heavy atom. The number of aryl methyl sites for hydroxylation is 1. The van der Waals surface area contributed by atoms with Gasteiger partial charge < -0.3 is 14.5 Å². The molecule has 0 aliphatic carbocycles. The monoisotopic (exact) mass is 414 g/mol. The number of hydrogen-bond donors (Lipinski definition) is 0. The van der Waals surface area contributed by atoms with Gasteiger partial charge in [0.2, 0.25) is 0 Å². The van der Waals surface area contributed by atoms with Crippen LogP contribution in [0.15, 0.2) is 69.7 Å². The summed E-state index contributed by atoms with van der Waals surface area (Å²) in [6.45, 7) is 1.65. The molecule has 0 saturated heterocycles. The summed E-state index contributed by atoms with van der Waals surface area (Å²) in [6, 6.07) is 13.8. The fourth-order valence-corrected chi connectivity index (χ4v) is 3.20. The molecule has 0 N–H and O–H groups in total. The van der Waals surface area contributed by atoms with Crippen molar-refractivity contribution < 1.29 is 82.0 Å². The standard InChI is InChI=1S/C18H14N2O5S.2Na/c1-11-6-7-15(17(8-11)26(23,24)25)19-20-16-10-13(18(21)22)9-12-4-2-3-5-14(12)16;;/h2-10H,1H3,(H,21,22)(H,23,24,25);;/q;2*+1/p-2. The van der Waals surface area contributed by atoms with Crippen LogP contribution in [0.1, 0.15) is 15.9 Å². The third-order valence-electron chi connectivity index (χ3n) is 3.73. The van der Waals surface area contributed by atoms with Crippen molar-refractivity contribution in [3.63, 3.8) is 0 Å². The number of aromatic carboxylic acids is 1. The molecule has 0 atom stereocenters. The molecule has 132 valence electrons. The molecule has 0 aromatic heterocycles. The number of carboxylic acids is 1. The number of carboxylic acid groups (broad SMARTS) is 1. The van der Waals surface area contributed by atoms with Crippen LogP contribution in [0.5, 0.6) is 0 Å². The summed E-state index contributed by atoms with van der Waals surface area (Å²) >= 11 is 0. The van der Waals surface area contributed by atoms with Gasteiger partial charge in [-0.1, -0.05) is 30.3 Å². The summed E-state index contributed by atoms with van der Waals surface area (Å²) in [5.74, 6) is -1.37. The Labute approximate surface area is 206 Å². The van der Waals surface area contributed by atoms with Gasteiger partial charge in [-0.3, -0.25) is 0 Å². The second kappa shape index (κ2) is 10.1. The zero-order valence-corrected chi connectivity index (χ0v) is 20.4. The number of carbonyl (C=O) groups excluding carboxylic acids is 1. The van der Waals surface area contributed by atoms with Gasteiger partial charge in [0.15, 0.2) is 0 Å². The molecule has 0 aliphatic rings. The molecule has 3 aromatic rings. The molecule has 0 unspecified atom stereocenters. The summed E-state index contributed by atoms with van der Waals surface area (Å²) in [5, 5.41) is 20.3. The van der Waals surface area contributed by atoms with Crippen LogP contribution in [0.2, 0.25) is 0 Å². The molecule has 10 heteroatoms. The number of rotatable bonds is 4. The maximum atomic E-state index is 11.4. The van der Waals surface area contributed by atoms with Crippen molar-refractivity contribution in [1.29, 1.82) is 0 Å². The average Bonchev–Trinajstić information content (AvgIpc) is 2.59. The van der Waals surface area contributed by atoms with E-state index in [-0.39, 0.29) is 76.1 Å². The van der Waals surface area contributed by atoms with Crippen LogP contribution in [-0.4, -0.2) is 18.9 Å². The van der Waals surface area contributed by atoms with Crippen molar-refractivity contribution in [1.82, 2.24) is 0 Å². The molecule has 7 nitrogen and oxygen atoms in total. The van der Waals surface area contributed by atoms with Crippen LogP contribution < -0.4 is 64.2 Å². The topological polar surface area (TPSA) is 122 Å². The summed E-state index contributed by atoms with van der Waals surface area (Å²) in [6.07, 6.45) is 0. The Balaban J connectivity index is 0.00000196. The number of benzene rings is 3. The maximum absolute atomic E-state index is 11.4. The molecule has 0 amide bonds. The number of nitrogens with zero attached hydrogens (tertiary/aromatic N) is 2. The average molecular weight is 414 g/mol. The zero-order valence-electron chi connectivity index (χ0n) is 15.5. The van der Waals surface area contributed by atoms with E-state index in [1.165, 1.54) is 24.3 Å². The molecule has 0 saturated carbocycles. The van der Waals surface area contributed by atoms with Crippen LogP contribution in [0.25, 0.3) is 10.8 Å². The van der Waals surface area contributed by atoms with Gasteiger partial charge in [-0.05, 0) is 47.7 Å². The summed E-state index contributed by atoms with van der Waals surface area (Å²) in [7, 11) is -4.73. The van der Waals surface area contributed by atoms with Crippen LogP contribution in [0, 0.1) is 6.92 Å². The van der Waals surface area contributed by atoms with Crippen molar-refractivity contribution in [3.8, 4) is 0 Å². The molecule has 0 bridgehead atoms. The zero-order chi connectivity index (χ0) is 18.9. The number of hydrogen-bond acceptors (Lipinski definition) is 7. The van der Waals surface area contributed by atoms with E-state index in [9.17, 15) is 22.9 Å². The van der Waals surface area contributed by atoms with E-state index in [1.54, 1.807) is 37.3 Å². The van der Waals surface area contributed by atoms with Gasteiger partial charge in [-0.25, -0.2) is 8.42 Å². The van der Waals surface area contributed by atoms with Gasteiger partial charge in [0, 0.05) is 5.39 Å². The van der Waals surface area contributed by atoms with Crippen molar-refractivity contribution >= 4 is 38.2 Å². The minimum Gasteiger partial charge on any atom is -0.744 e. The first-order chi connectivity index (χ1) is 12.3. The van der Waals surface area contributed by atoms with Crippen LogP contribution in [0.3, 0.4) is 0 Å². The van der Waals surface area contributed by atoms with Gasteiger partial charge >= 0.3 is 59.1 Å². The number of carbonyl (C=O) groups is 1. The van der Waals surface area contributed by atoms with Gasteiger partial charge in [-0.2, -0.15) is 0 Å². The predicted octanol–water partition coefficient (Wildman–Crippen LogP) is -3.16. The number of fused-ring (bicyclic) bond motifs is 1. The molecule has 0 radical (unpaired) electrons. The largest absolute Gasteiger partial charge is 1.00 e. The predicted molar refractivity (Wildman–Crippen MR) is 91.6 cm³/mol. The molecule has 0 spiro atoms. The van der Waals surface area contributed by atoms with Crippen molar-refractivity contribution in [3.05, 3.63) is 65.7 Å². The molecular weight excluding hydrogens is 402 g/mol. The quantitative estimate of drug-likeness (QED) is 0.253. The van der Waals surface area contributed by atoms with Gasteiger partial charge in [-0.15, -0.1) is 10.2 Å². The van der Waals surface area contributed by atoms with E-state index < -0.39 is 21.0 Å². The molecule has 0 aliphatic heterocycles. The first kappa shape index (κ1) is 24.9. The minimum absolute atomic E-state index is 0. The summed E-state index contributed by atoms with van der Waals surface area (Å²) < 4.78 is 34.3. The maximum Gasteiger partial charge on any atom is 1.00 e. The van der Waals surface area contributed by atoms with Crippen molar-refractivity contribution in [2.24, 2.45) is 10.2 Å². The Hall–Kier alpha value is -1.10. The molecule has 3 aromatic carbocycles. The Kier molecular flexibility index (Phi) is 8.98. The summed E-state index contributed by atoms with van der Waals surface area (Å²) in [5.41, 5.74) is 0.603. The molecular formula is C18H12N2Na2O5S. The smallest absolute Gasteiger partial charge is 0.744 e. The van der Waals surface area contributed by atoms with Gasteiger partial charge in [0.05, 0.1) is 16.6 Å². The third-order valence-corrected chi connectivity index (χ3v) is 4.59. The van der Waals surface area contributed by atoms with E-state index in [1.807, 2.05) is 0 Å². The van der Waals surface area contributed by atoms with E-state index in [0.29, 0.717) is 16.3 Å². The van der Waals surface area contributed by atoms with Crippen LogP contribution in [-0.2, 0) is 10.1 Å². The fraction of sp³-hybridized carbons (Fsp3) is 0.0556. The first-order valence-electron chi connectivity index (χ1n) is 7.48. The van der Waals surface area contributed by atoms with Gasteiger partial charge in [0.1, 0.15) is 15.8 Å². The molecule has 0 heterocycles. The van der Waals surface area contributed by atoms with E-state index in [0.717, 1.165) is 0 Å². The van der Waals surface area contributed by atoms with Crippen LogP contribution in [0.4, 0.5) is 11.4 Å². The van der Waals surface area contributed by atoms with E-state index in [2.05, 4.69) is 10.2 Å². The first-order valence-corrected chi connectivity index (χ1v) is 8.89. The third kappa shape index (κ3) is 5.71. The second-order valence-electron chi connectivity index (χ2n) is 5.63. The number of azo groups is 1. The van der Waals surface area contributed by atoms with E-state index >= 15 is 0 Å². The minimum atomic E-state index is -4.73. The molecule has 28 heavy (non-hydrogen) atoms. The normalized spacial score (nSPS) is 11.1. The Morgan fingerprint density at radius 1 is 0.929 bits per heavy atom. The van der Waals surface area contributed by atoms with Crippen molar-refractivity contribution in [2.75, 3.05) is 0 Å². The fourth-order valence-electron chi connectivity index (χ4n) is 2.50. The van der Waals surface area contributed by atoms with E-state index in [4.69, 9.17) is 0 Å². The molecule has 3 rings (SSSR count). The van der Waals surface area contributed by atoms with Crippen LogP contribution >= 0.6 is 0 Å². The summed E-state index contributed by atoms with van der Waals surface area (Å²) in [4.78, 5) is 10.7.